The van der Waals surface area contributed by atoms with Crippen molar-refractivity contribution in [1.82, 2.24) is 4.90 Å². The van der Waals surface area contributed by atoms with Gasteiger partial charge in [0.25, 0.3) is 10.0 Å². The van der Waals surface area contributed by atoms with Gasteiger partial charge in [-0.05, 0) is 62.7 Å². The molecule has 9 heteroatoms. The normalized spacial score (nSPS) is 17.2. The van der Waals surface area contributed by atoms with Crippen LogP contribution in [-0.2, 0) is 14.8 Å². The molecule has 31 heavy (non-hydrogen) atoms. The Morgan fingerprint density at radius 2 is 2.00 bits per heavy atom. The van der Waals surface area contributed by atoms with Crippen molar-refractivity contribution in [2.45, 2.75) is 43.5 Å². The number of carbonyl (C=O) groups is 1. The highest BCUT2D eigenvalue weighted by atomic mass is 35.5. The van der Waals surface area contributed by atoms with Crippen molar-refractivity contribution >= 4 is 38.9 Å². The molecular weight excluding hydrogens is 438 g/mol. The molecule has 1 heterocycles. The summed E-state index contributed by atoms with van der Waals surface area (Å²) in [6, 6.07) is 10.9. The molecule has 1 aliphatic heterocycles. The number of carbonyl (C=O) groups excluding carboxylic acids is 1. The number of anilines is 2. The molecule has 0 spiro atoms. The van der Waals surface area contributed by atoms with Crippen molar-refractivity contribution in [2.24, 2.45) is 0 Å². The van der Waals surface area contributed by atoms with Gasteiger partial charge in [0.1, 0.15) is 10.6 Å². The number of amides is 1. The van der Waals surface area contributed by atoms with Crippen molar-refractivity contribution in [3.63, 3.8) is 0 Å². The first-order valence-corrected chi connectivity index (χ1v) is 12.2. The van der Waals surface area contributed by atoms with Crippen molar-refractivity contribution in [3.05, 3.63) is 47.5 Å². The zero-order chi connectivity index (χ0) is 22.4. The molecule has 1 aliphatic rings. The molecule has 1 atom stereocenters. The SMILES string of the molecule is CCCN1CCCCC1C(=O)Nc1ccc(OC)c(S(=O)(=O)Nc2ccccc2Cl)c1. The molecule has 3 rings (SSSR count). The monoisotopic (exact) mass is 465 g/mol. The fourth-order valence-electron chi connectivity index (χ4n) is 3.78. The number of ether oxygens (including phenoxy) is 1. The Morgan fingerprint density at radius 3 is 2.71 bits per heavy atom. The summed E-state index contributed by atoms with van der Waals surface area (Å²) in [5.41, 5.74) is 0.658. The van der Waals surface area contributed by atoms with E-state index in [0.717, 1.165) is 38.8 Å². The molecular formula is C22H28ClN3O4S. The Balaban J connectivity index is 1.84. The molecule has 2 N–H and O–H groups in total. The number of rotatable bonds is 8. The lowest BCUT2D eigenvalue weighted by molar-refractivity contribution is -0.122. The van der Waals surface area contributed by atoms with Crippen molar-refractivity contribution in [1.29, 1.82) is 0 Å². The first kappa shape index (κ1) is 23.4. The Kier molecular flexibility index (Phi) is 7.80. The van der Waals surface area contributed by atoms with Gasteiger partial charge >= 0.3 is 0 Å². The van der Waals surface area contributed by atoms with Crippen LogP contribution < -0.4 is 14.8 Å². The smallest absolute Gasteiger partial charge is 0.265 e. The third-order valence-corrected chi connectivity index (χ3v) is 6.98. The lowest BCUT2D eigenvalue weighted by atomic mass is 10.0. The average molecular weight is 466 g/mol. The molecule has 1 amide bonds. The maximum absolute atomic E-state index is 13.0. The fraction of sp³-hybridized carbons (Fsp3) is 0.409. The number of methoxy groups -OCH3 is 1. The molecule has 1 unspecified atom stereocenters. The van der Waals surface area contributed by atoms with Crippen LogP contribution in [0.1, 0.15) is 32.6 Å². The highest BCUT2D eigenvalue weighted by Crippen LogP contribution is 2.31. The number of likely N-dealkylation sites (tertiary alicyclic amines) is 1. The second-order valence-electron chi connectivity index (χ2n) is 7.49. The van der Waals surface area contributed by atoms with Gasteiger partial charge < -0.3 is 10.1 Å². The minimum atomic E-state index is -4.00. The Hall–Kier alpha value is -2.29. The summed E-state index contributed by atoms with van der Waals surface area (Å²) in [6.07, 6.45) is 3.86. The molecule has 2 aromatic rings. The van der Waals surface area contributed by atoms with Gasteiger partial charge in [-0.1, -0.05) is 37.1 Å². The van der Waals surface area contributed by atoms with Gasteiger partial charge in [-0.15, -0.1) is 0 Å². The zero-order valence-electron chi connectivity index (χ0n) is 17.7. The van der Waals surface area contributed by atoms with Crippen LogP contribution in [0.3, 0.4) is 0 Å². The van der Waals surface area contributed by atoms with Crippen LogP contribution in [0.4, 0.5) is 11.4 Å². The summed E-state index contributed by atoms with van der Waals surface area (Å²) < 4.78 is 33.8. The largest absolute Gasteiger partial charge is 0.495 e. The molecule has 2 aromatic carbocycles. The standard InChI is InChI=1S/C22H28ClN3O4S/c1-3-13-26-14-7-6-10-19(26)22(27)24-16-11-12-20(30-2)21(15-16)31(28,29)25-18-9-5-4-8-17(18)23/h4-5,8-9,11-12,15,19,25H,3,6-7,10,13-14H2,1-2H3,(H,24,27). The van der Waals surface area contributed by atoms with Gasteiger partial charge in [0, 0.05) is 5.69 Å². The number of nitrogens with zero attached hydrogens (tertiary/aromatic N) is 1. The maximum atomic E-state index is 13.0. The summed E-state index contributed by atoms with van der Waals surface area (Å²) in [5.74, 6) is 0.0450. The van der Waals surface area contributed by atoms with Gasteiger partial charge in [0.05, 0.1) is 23.9 Å². The fourth-order valence-corrected chi connectivity index (χ4v) is 5.29. The van der Waals surface area contributed by atoms with Crippen LogP contribution in [0.25, 0.3) is 0 Å². The highest BCUT2D eigenvalue weighted by Gasteiger charge is 2.29. The second-order valence-corrected chi connectivity index (χ2v) is 9.55. The third kappa shape index (κ3) is 5.70. The topological polar surface area (TPSA) is 87.7 Å². The van der Waals surface area contributed by atoms with E-state index < -0.39 is 10.0 Å². The lowest BCUT2D eigenvalue weighted by Crippen LogP contribution is -2.47. The van der Waals surface area contributed by atoms with E-state index in [0.29, 0.717) is 5.69 Å². The summed E-state index contributed by atoms with van der Waals surface area (Å²) in [7, 11) is -2.61. The van der Waals surface area contributed by atoms with Gasteiger partial charge in [-0.25, -0.2) is 8.42 Å². The lowest BCUT2D eigenvalue weighted by Gasteiger charge is -2.34. The van der Waals surface area contributed by atoms with E-state index in [2.05, 4.69) is 21.9 Å². The Labute approximate surface area is 188 Å². The van der Waals surface area contributed by atoms with E-state index in [9.17, 15) is 13.2 Å². The quantitative estimate of drug-likeness (QED) is 0.605. The van der Waals surface area contributed by atoms with Gasteiger partial charge in [-0.2, -0.15) is 0 Å². The summed E-state index contributed by atoms with van der Waals surface area (Å²) >= 11 is 6.10. The van der Waals surface area contributed by atoms with E-state index in [-0.39, 0.29) is 33.3 Å². The van der Waals surface area contributed by atoms with E-state index >= 15 is 0 Å². The zero-order valence-corrected chi connectivity index (χ0v) is 19.3. The number of hydrogen-bond acceptors (Lipinski definition) is 5. The molecule has 0 bridgehead atoms. The van der Waals surface area contributed by atoms with Crippen LogP contribution in [-0.4, -0.2) is 45.5 Å². The number of sulfonamides is 1. The van der Waals surface area contributed by atoms with Crippen LogP contribution in [0, 0.1) is 0 Å². The Morgan fingerprint density at radius 1 is 1.23 bits per heavy atom. The number of benzene rings is 2. The van der Waals surface area contributed by atoms with E-state index in [1.165, 1.54) is 19.2 Å². The van der Waals surface area contributed by atoms with Gasteiger partial charge in [-0.3, -0.25) is 14.4 Å². The highest BCUT2D eigenvalue weighted by molar-refractivity contribution is 7.92. The number of para-hydroxylation sites is 1. The van der Waals surface area contributed by atoms with Crippen molar-refractivity contribution < 1.29 is 17.9 Å². The van der Waals surface area contributed by atoms with E-state index in [1.807, 2.05) is 0 Å². The van der Waals surface area contributed by atoms with Crippen LogP contribution >= 0.6 is 11.6 Å². The van der Waals surface area contributed by atoms with Crippen molar-refractivity contribution in [3.8, 4) is 5.75 Å². The molecule has 1 saturated heterocycles. The predicted molar refractivity (Wildman–Crippen MR) is 123 cm³/mol. The first-order valence-electron chi connectivity index (χ1n) is 10.4. The molecule has 0 saturated carbocycles. The number of piperidine rings is 1. The molecule has 1 fully saturated rings. The molecule has 7 nitrogen and oxygen atoms in total. The van der Waals surface area contributed by atoms with Gasteiger partial charge in [0.2, 0.25) is 5.91 Å². The predicted octanol–water partition coefficient (Wildman–Crippen LogP) is 4.35. The van der Waals surface area contributed by atoms with Crippen molar-refractivity contribution in [2.75, 3.05) is 30.2 Å². The van der Waals surface area contributed by atoms with Crippen LogP contribution in [0.15, 0.2) is 47.4 Å². The van der Waals surface area contributed by atoms with E-state index in [1.54, 1.807) is 30.3 Å². The third-order valence-electron chi connectivity index (χ3n) is 5.27. The average Bonchev–Trinajstić information content (AvgIpc) is 2.76. The summed E-state index contributed by atoms with van der Waals surface area (Å²) in [5, 5.41) is 3.17. The Bertz CT molecular complexity index is 1030. The van der Waals surface area contributed by atoms with Gasteiger partial charge in [0.15, 0.2) is 0 Å². The first-order chi connectivity index (χ1) is 14.9. The van der Waals surface area contributed by atoms with Crippen LogP contribution in [0.2, 0.25) is 5.02 Å². The second kappa shape index (κ2) is 10.3. The molecule has 168 valence electrons. The minimum Gasteiger partial charge on any atom is -0.495 e. The molecule has 0 aromatic heterocycles. The number of halogens is 1. The summed E-state index contributed by atoms with van der Waals surface area (Å²) in [6.45, 7) is 3.86. The number of hydrogen-bond donors (Lipinski definition) is 2. The molecule has 0 radical (unpaired) electrons. The molecule has 0 aliphatic carbocycles. The number of nitrogens with one attached hydrogen (secondary N) is 2. The summed E-state index contributed by atoms with van der Waals surface area (Å²) in [4.78, 5) is 15.0. The minimum absolute atomic E-state index is 0.0817. The maximum Gasteiger partial charge on any atom is 0.265 e. The van der Waals surface area contributed by atoms with Crippen LogP contribution in [0.5, 0.6) is 5.75 Å². The van der Waals surface area contributed by atoms with E-state index in [4.69, 9.17) is 16.3 Å².